The predicted octanol–water partition coefficient (Wildman–Crippen LogP) is 2.46. The van der Waals surface area contributed by atoms with Gasteiger partial charge in [-0.2, -0.15) is 13.2 Å². The van der Waals surface area contributed by atoms with Gasteiger partial charge < -0.3 is 15.7 Å². The largest absolute Gasteiger partial charge is 0.416 e. The molecule has 0 radical (unpaired) electrons. The zero-order chi connectivity index (χ0) is 19.0. The van der Waals surface area contributed by atoms with E-state index in [1.165, 1.54) is 12.1 Å². The molecule has 1 saturated heterocycles. The van der Waals surface area contributed by atoms with E-state index in [4.69, 9.17) is 0 Å². The number of alkyl halides is 3. The van der Waals surface area contributed by atoms with Crippen molar-refractivity contribution in [1.29, 1.82) is 0 Å². The summed E-state index contributed by atoms with van der Waals surface area (Å²) in [6, 6.07) is 8.09. The molecule has 1 fully saturated rings. The minimum atomic E-state index is -4.39. The SMILES string of the molecule is O[C@H]1CNC[C@H]1Nc1nnc(-c2ccc(C(F)(F)F)cc2)c2ncccc12. The third-order valence-electron chi connectivity index (χ3n) is 4.53. The van der Waals surface area contributed by atoms with Crippen molar-refractivity contribution < 1.29 is 18.3 Å². The maximum Gasteiger partial charge on any atom is 0.416 e. The van der Waals surface area contributed by atoms with Crippen LogP contribution in [0.5, 0.6) is 0 Å². The monoisotopic (exact) mass is 375 g/mol. The second-order valence-electron chi connectivity index (χ2n) is 6.35. The van der Waals surface area contributed by atoms with Crippen LogP contribution in [0, 0.1) is 0 Å². The molecule has 0 unspecified atom stereocenters. The van der Waals surface area contributed by atoms with E-state index >= 15 is 0 Å². The topological polar surface area (TPSA) is 83.0 Å². The summed E-state index contributed by atoms with van der Waals surface area (Å²) >= 11 is 0. The van der Waals surface area contributed by atoms with Crippen molar-refractivity contribution in [3.63, 3.8) is 0 Å². The van der Waals surface area contributed by atoms with Gasteiger partial charge in [0.25, 0.3) is 0 Å². The summed E-state index contributed by atoms with van der Waals surface area (Å²) in [4.78, 5) is 4.34. The summed E-state index contributed by atoms with van der Waals surface area (Å²) in [6.07, 6.45) is -3.35. The minimum absolute atomic E-state index is 0.209. The summed E-state index contributed by atoms with van der Waals surface area (Å²) < 4.78 is 38.3. The van der Waals surface area contributed by atoms with Gasteiger partial charge in [-0.1, -0.05) is 12.1 Å². The fourth-order valence-corrected chi connectivity index (χ4v) is 3.09. The van der Waals surface area contributed by atoms with Gasteiger partial charge in [0.1, 0.15) is 11.2 Å². The molecule has 3 N–H and O–H groups in total. The van der Waals surface area contributed by atoms with Crippen LogP contribution in [0.25, 0.3) is 22.2 Å². The van der Waals surface area contributed by atoms with Gasteiger partial charge in [-0.25, -0.2) is 0 Å². The van der Waals surface area contributed by atoms with Gasteiger partial charge in [-0.15, -0.1) is 10.2 Å². The number of aliphatic hydroxyl groups is 1. The third kappa shape index (κ3) is 3.43. The van der Waals surface area contributed by atoms with Gasteiger partial charge in [-0.05, 0) is 24.3 Å². The molecule has 2 atom stereocenters. The van der Waals surface area contributed by atoms with Gasteiger partial charge in [0, 0.05) is 30.2 Å². The summed E-state index contributed by atoms with van der Waals surface area (Å²) in [5.74, 6) is 0.474. The third-order valence-corrected chi connectivity index (χ3v) is 4.53. The number of nitrogens with one attached hydrogen (secondary N) is 2. The molecule has 0 aliphatic carbocycles. The Bertz CT molecular complexity index is 961. The van der Waals surface area contributed by atoms with Crippen LogP contribution in [0.3, 0.4) is 0 Å². The van der Waals surface area contributed by atoms with E-state index in [1.807, 2.05) is 6.07 Å². The number of fused-ring (bicyclic) bond motifs is 1. The summed E-state index contributed by atoms with van der Waals surface area (Å²) in [5, 5.41) is 25.3. The number of halogens is 3. The lowest BCUT2D eigenvalue weighted by molar-refractivity contribution is -0.137. The molecule has 0 bridgehead atoms. The molecule has 1 aliphatic rings. The Morgan fingerprint density at radius 3 is 2.52 bits per heavy atom. The van der Waals surface area contributed by atoms with Crippen LogP contribution in [0.2, 0.25) is 0 Å². The van der Waals surface area contributed by atoms with Crippen molar-refractivity contribution in [3.05, 3.63) is 48.2 Å². The molecule has 0 amide bonds. The summed E-state index contributed by atoms with van der Waals surface area (Å²) in [5.41, 5.74) is 0.691. The van der Waals surface area contributed by atoms with Crippen molar-refractivity contribution in [2.24, 2.45) is 0 Å². The number of benzene rings is 1. The molecule has 6 nitrogen and oxygen atoms in total. The maximum atomic E-state index is 12.8. The van der Waals surface area contributed by atoms with Crippen molar-refractivity contribution in [1.82, 2.24) is 20.5 Å². The Hall–Kier alpha value is -2.78. The lowest BCUT2D eigenvalue weighted by atomic mass is 10.1. The maximum absolute atomic E-state index is 12.8. The normalized spacial score (nSPS) is 20.1. The van der Waals surface area contributed by atoms with Crippen LogP contribution in [0.1, 0.15) is 5.56 Å². The second-order valence-corrected chi connectivity index (χ2v) is 6.35. The number of anilines is 1. The molecule has 1 aliphatic heterocycles. The molecule has 1 aromatic carbocycles. The molecule has 27 heavy (non-hydrogen) atoms. The molecule has 3 heterocycles. The Morgan fingerprint density at radius 2 is 1.85 bits per heavy atom. The first-order chi connectivity index (χ1) is 12.9. The van der Waals surface area contributed by atoms with Crippen molar-refractivity contribution in [2.75, 3.05) is 18.4 Å². The zero-order valence-electron chi connectivity index (χ0n) is 14.0. The Kier molecular flexibility index (Phi) is 4.40. The molecule has 9 heteroatoms. The van der Waals surface area contributed by atoms with Gasteiger partial charge in [0.2, 0.25) is 0 Å². The molecule has 0 saturated carbocycles. The van der Waals surface area contributed by atoms with E-state index in [0.29, 0.717) is 41.1 Å². The zero-order valence-corrected chi connectivity index (χ0v) is 14.0. The highest BCUT2D eigenvalue weighted by molar-refractivity contribution is 5.97. The highest BCUT2D eigenvalue weighted by Gasteiger charge is 2.30. The van der Waals surface area contributed by atoms with Gasteiger partial charge >= 0.3 is 6.18 Å². The Labute approximate surface area is 152 Å². The standard InChI is InChI=1S/C18H16F3N5O/c19-18(20,21)11-5-3-10(4-6-11)15-16-12(2-1-7-23-16)17(26-25-15)24-13-8-22-9-14(13)27/h1-7,13-14,22,27H,8-9H2,(H,24,26)/t13-,14+/m1/s1. The van der Waals surface area contributed by atoms with Crippen LogP contribution in [-0.2, 0) is 6.18 Å². The van der Waals surface area contributed by atoms with E-state index in [-0.39, 0.29) is 6.04 Å². The average molecular weight is 375 g/mol. The van der Waals surface area contributed by atoms with Gasteiger partial charge in [0.05, 0.1) is 17.7 Å². The van der Waals surface area contributed by atoms with Crippen LogP contribution >= 0.6 is 0 Å². The number of nitrogens with zero attached hydrogens (tertiary/aromatic N) is 3. The number of hydrogen-bond acceptors (Lipinski definition) is 6. The van der Waals surface area contributed by atoms with E-state index < -0.39 is 17.8 Å². The van der Waals surface area contributed by atoms with Crippen LogP contribution in [0.4, 0.5) is 19.0 Å². The second kappa shape index (κ2) is 6.75. The fourth-order valence-electron chi connectivity index (χ4n) is 3.09. The summed E-state index contributed by atoms with van der Waals surface area (Å²) in [7, 11) is 0. The van der Waals surface area contributed by atoms with Crippen LogP contribution in [-0.4, -0.2) is 45.5 Å². The number of aliphatic hydroxyl groups excluding tert-OH is 1. The van der Waals surface area contributed by atoms with E-state index in [2.05, 4.69) is 25.8 Å². The van der Waals surface area contributed by atoms with Crippen molar-refractivity contribution in [3.8, 4) is 11.3 Å². The molecular formula is C18H16F3N5O. The first-order valence-electron chi connectivity index (χ1n) is 8.38. The first-order valence-corrected chi connectivity index (χ1v) is 8.38. The van der Waals surface area contributed by atoms with E-state index in [1.54, 1.807) is 12.3 Å². The predicted molar refractivity (Wildman–Crippen MR) is 94.1 cm³/mol. The number of hydrogen-bond donors (Lipinski definition) is 3. The number of rotatable bonds is 3. The van der Waals surface area contributed by atoms with Gasteiger partial charge in [0.15, 0.2) is 5.82 Å². The number of β-amino-alcohol motifs (C(OH)–C–C–N with tert-alkyl or cyclic N) is 1. The van der Waals surface area contributed by atoms with Crippen LogP contribution < -0.4 is 10.6 Å². The van der Waals surface area contributed by atoms with Gasteiger partial charge in [-0.3, -0.25) is 4.98 Å². The molecular weight excluding hydrogens is 359 g/mol. The van der Waals surface area contributed by atoms with E-state index in [9.17, 15) is 18.3 Å². The number of aromatic nitrogens is 3. The molecule has 4 rings (SSSR count). The lowest BCUT2D eigenvalue weighted by Crippen LogP contribution is -2.32. The molecule has 140 valence electrons. The van der Waals surface area contributed by atoms with Crippen molar-refractivity contribution >= 4 is 16.7 Å². The highest BCUT2D eigenvalue weighted by atomic mass is 19.4. The molecule has 0 spiro atoms. The lowest BCUT2D eigenvalue weighted by Gasteiger charge is -2.17. The number of pyridine rings is 1. The molecule has 2 aromatic heterocycles. The molecule has 3 aromatic rings. The summed E-state index contributed by atoms with van der Waals surface area (Å²) in [6.45, 7) is 1.08. The Morgan fingerprint density at radius 1 is 1.07 bits per heavy atom. The first kappa shape index (κ1) is 17.6. The van der Waals surface area contributed by atoms with Crippen LogP contribution in [0.15, 0.2) is 42.6 Å². The quantitative estimate of drug-likeness (QED) is 0.652. The van der Waals surface area contributed by atoms with E-state index in [0.717, 1.165) is 12.1 Å². The Balaban J connectivity index is 1.73. The van der Waals surface area contributed by atoms with Crippen molar-refractivity contribution in [2.45, 2.75) is 18.3 Å². The smallest absolute Gasteiger partial charge is 0.390 e. The highest BCUT2D eigenvalue weighted by Crippen LogP contribution is 2.33. The minimum Gasteiger partial charge on any atom is -0.390 e. The fraction of sp³-hybridized carbons (Fsp3) is 0.278. The average Bonchev–Trinajstić information content (AvgIpc) is 3.06.